The van der Waals surface area contributed by atoms with Crippen LogP contribution in [0.25, 0.3) is 11.3 Å². The lowest BCUT2D eigenvalue weighted by molar-refractivity contribution is -0.112. The summed E-state index contributed by atoms with van der Waals surface area (Å²) in [5.41, 5.74) is 1.04. The molecule has 1 aliphatic heterocycles. The van der Waals surface area contributed by atoms with Crippen molar-refractivity contribution in [3.8, 4) is 11.6 Å². The van der Waals surface area contributed by atoms with E-state index < -0.39 is 21.7 Å². The van der Waals surface area contributed by atoms with Gasteiger partial charge in [-0.05, 0) is 54.6 Å². The van der Waals surface area contributed by atoms with Gasteiger partial charge in [-0.25, -0.2) is 27.9 Å². The first-order valence-electron chi connectivity index (χ1n) is 9.83. The summed E-state index contributed by atoms with van der Waals surface area (Å²) in [6.45, 7) is 0. The first-order valence-corrected chi connectivity index (χ1v) is 12.2. The van der Waals surface area contributed by atoms with Crippen LogP contribution in [0.2, 0.25) is 0 Å². The molecule has 3 N–H and O–H groups in total. The molecule has 3 aromatic carbocycles. The minimum atomic E-state index is -3.86. The van der Waals surface area contributed by atoms with Crippen molar-refractivity contribution in [1.82, 2.24) is 4.57 Å². The van der Waals surface area contributed by atoms with E-state index in [0.717, 1.165) is 11.3 Å². The summed E-state index contributed by atoms with van der Waals surface area (Å²) in [7, 11) is -3.86. The van der Waals surface area contributed by atoms with Crippen LogP contribution in [0.4, 0.5) is 10.1 Å². The number of rotatable bonds is 4. The number of nitrogens with two attached hydrogens (primary N) is 1. The number of sulfonamides is 1. The predicted molar refractivity (Wildman–Crippen MR) is 123 cm³/mol. The van der Waals surface area contributed by atoms with Crippen LogP contribution in [0.5, 0.6) is 5.88 Å². The number of primary sulfonamides is 1. The van der Waals surface area contributed by atoms with E-state index in [-0.39, 0.29) is 26.4 Å². The zero-order valence-electron chi connectivity index (χ0n) is 17.2. The summed E-state index contributed by atoms with van der Waals surface area (Å²) in [5.74, 6) is -1.39. The molecule has 170 valence electrons. The van der Waals surface area contributed by atoms with Crippen LogP contribution in [0.3, 0.4) is 0 Å². The Bertz CT molecular complexity index is 1760. The number of halogens is 1. The molecule has 4 aromatic rings. The zero-order chi connectivity index (χ0) is 24.0. The fourth-order valence-electron chi connectivity index (χ4n) is 3.55. The topological polar surface area (TPSA) is 127 Å². The number of benzene rings is 3. The fraction of sp³-hybridized carbons (Fsp3) is 0. The average molecular weight is 495 g/mol. The van der Waals surface area contributed by atoms with Crippen molar-refractivity contribution in [3.63, 3.8) is 0 Å². The van der Waals surface area contributed by atoms with E-state index in [1.54, 1.807) is 24.3 Å². The lowest BCUT2D eigenvalue weighted by atomic mass is 10.1. The number of hydrogen-bond donors (Lipinski definition) is 2. The number of carbonyl (C=O) groups excluding carboxylic acids is 1. The van der Waals surface area contributed by atoms with E-state index >= 15 is 0 Å². The minimum absolute atomic E-state index is 0.0653. The molecule has 0 spiro atoms. The van der Waals surface area contributed by atoms with Gasteiger partial charge in [-0.2, -0.15) is 0 Å². The van der Waals surface area contributed by atoms with Gasteiger partial charge in [0.05, 0.1) is 27.2 Å². The van der Waals surface area contributed by atoms with Crippen molar-refractivity contribution >= 4 is 38.5 Å². The van der Waals surface area contributed by atoms with Gasteiger partial charge in [0.15, 0.2) is 4.80 Å². The second-order valence-corrected chi connectivity index (χ2v) is 9.85. The van der Waals surface area contributed by atoms with Gasteiger partial charge in [0.1, 0.15) is 10.7 Å². The third-order valence-electron chi connectivity index (χ3n) is 5.09. The number of amides is 1. The van der Waals surface area contributed by atoms with Gasteiger partial charge in [0, 0.05) is 5.22 Å². The Labute approximate surface area is 196 Å². The highest BCUT2D eigenvalue weighted by Gasteiger charge is 2.26. The van der Waals surface area contributed by atoms with Crippen molar-refractivity contribution < 1.29 is 22.7 Å². The Kier molecular flexibility index (Phi) is 5.24. The number of hydrogen-bond acceptors (Lipinski definition) is 6. The number of aromatic hydroxyl groups is 1. The average Bonchev–Trinajstić information content (AvgIpc) is 3.28. The first kappa shape index (κ1) is 21.9. The van der Waals surface area contributed by atoms with Crippen LogP contribution < -0.4 is 20.5 Å². The molecule has 0 saturated heterocycles. The van der Waals surface area contributed by atoms with E-state index in [1.165, 1.54) is 47.0 Å². The molecule has 1 aromatic heterocycles. The van der Waals surface area contributed by atoms with E-state index in [4.69, 9.17) is 5.14 Å². The van der Waals surface area contributed by atoms with Crippen LogP contribution in [-0.2, 0) is 14.8 Å². The van der Waals surface area contributed by atoms with E-state index in [0.29, 0.717) is 21.5 Å². The van der Waals surface area contributed by atoms with Crippen molar-refractivity contribution in [1.29, 1.82) is 0 Å². The molecule has 0 saturated carbocycles. The maximum Gasteiger partial charge on any atom is 0.279 e. The molecule has 1 amide bonds. The lowest BCUT2D eigenvalue weighted by Crippen LogP contribution is -2.23. The van der Waals surface area contributed by atoms with E-state index in [1.807, 2.05) is 6.07 Å². The SMILES string of the molecule is NS(=O)(=O)c1ccc(N=c2sc(C3=c4cc(F)ccc4=NC3=O)c(O)n2-c2ccccc2)cc1. The molecule has 1 aliphatic rings. The molecule has 0 unspecified atom stereocenters. The third kappa shape index (κ3) is 3.85. The number of nitrogens with zero attached hydrogens (tertiary/aromatic N) is 3. The normalized spacial score (nSPS) is 13.8. The Balaban J connectivity index is 1.78. The summed E-state index contributed by atoms with van der Waals surface area (Å²) in [4.78, 5) is 21.6. The first-order chi connectivity index (χ1) is 16.2. The molecule has 0 atom stereocenters. The Morgan fingerprint density at radius 1 is 1.03 bits per heavy atom. The molecule has 8 nitrogen and oxygen atoms in total. The van der Waals surface area contributed by atoms with Gasteiger partial charge in [0.2, 0.25) is 15.9 Å². The van der Waals surface area contributed by atoms with Crippen LogP contribution >= 0.6 is 11.3 Å². The van der Waals surface area contributed by atoms with Crippen molar-refractivity contribution in [3.05, 3.63) is 98.9 Å². The third-order valence-corrected chi connectivity index (χ3v) is 7.07. The Hall–Kier alpha value is -3.93. The molecule has 2 heterocycles. The molecule has 0 aliphatic carbocycles. The number of fused-ring (bicyclic) bond motifs is 1. The second-order valence-electron chi connectivity index (χ2n) is 7.31. The predicted octanol–water partition coefficient (Wildman–Crippen LogP) is 1.62. The summed E-state index contributed by atoms with van der Waals surface area (Å²) in [6, 6.07) is 18.3. The number of para-hydroxylation sites is 1. The van der Waals surface area contributed by atoms with Crippen molar-refractivity contribution in [2.45, 2.75) is 4.90 Å². The van der Waals surface area contributed by atoms with E-state index in [9.17, 15) is 22.7 Å². The van der Waals surface area contributed by atoms with Crippen LogP contribution in [0.1, 0.15) is 4.88 Å². The standard InChI is InChI=1S/C23H15FN4O4S2/c24-13-6-11-18-17(12-13)19(21(29)27-18)20-22(30)28(15-4-2-1-3-5-15)23(33-20)26-14-7-9-16(10-8-14)34(25,31)32/h1-12,30H,(H2,25,31,32). The van der Waals surface area contributed by atoms with Gasteiger partial charge in [0.25, 0.3) is 5.91 Å². The summed E-state index contributed by atoms with van der Waals surface area (Å²) in [6.07, 6.45) is 0. The maximum atomic E-state index is 13.9. The van der Waals surface area contributed by atoms with Crippen molar-refractivity contribution in [2.75, 3.05) is 0 Å². The summed E-state index contributed by atoms with van der Waals surface area (Å²) < 4.78 is 38.4. The van der Waals surface area contributed by atoms with Crippen LogP contribution in [-0.4, -0.2) is 24.0 Å². The summed E-state index contributed by atoms with van der Waals surface area (Å²) in [5, 5.41) is 16.9. The van der Waals surface area contributed by atoms with Gasteiger partial charge >= 0.3 is 0 Å². The molecular formula is C23H15FN4O4S2. The van der Waals surface area contributed by atoms with Gasteiger partial charge in [-0.1, -0.05) is 29.5 Å². The Morgan fingerprint density at radius 3 is 2.41 bits per heavy atom. The minimum Gasteiger partial charge on any atom is -0.493 e. The second kappa shape index (κ2) is 8.13. The molecule has 5 rings (SSSR count). The van der Waals surface area contributed by atoms with Gasteiger partial charge < -0.3 is 5.11 Å². The number of aromatic nitrogens is 1. The highest BCUT2D eigenvalue weighted by molar-refractivity contribution is 7.89. The van der Waals surface area contributed by atoms with Crippen LogP contribution in [0.15, 0.2) is 87.7 Å². The molecule has 34 heavy (non-hydrogen) atoms. The van der Waals surface area contributed by atoms with Gasteiger partial charge in [-0.3, -0.25) is 9.36 Å². The number of carbonyl (C=O) groups is 1. The molecular weight excluding hydrogens is 479 g/mol. The lowest BCUT2D eigenvalue weighted by Gasteiger charge is -2.05. The molecule has 0 radical (unpaired) electrons. The van der Waals surface area contributed by atoms with Crippen LogP contribution in [0, 0.1) is 5.82 Å². The monoisotopic (exact) mass is 494 g/mol. The molecule has 0 bridgehead atoms. The molecule has 11 heteroatoms. The quantitative estimate of drug-likeness (QED) is 0.447. The maximum absolute atomic E-state index is 13.9. The largest absolute Gasteiger partial charge is 0.493 e. The highest BCUT2D eigenvalue weighted by Crippen LogP contribution is 2.31. The van der Waals surface area contributed by atoms with E-state index in [2.05, 4.69) is 9.98 Å². The highest BCUT2D eigenvalue weighted by atomic mass is 32.2. The zero-order valence-corrected chi connectivity index (χ0v) is 18.8. The van der Waals surface area contributed by atoms with Gasteiger partial charge in [-0.15, -0.1) is 0 Å². The smallest absolute Gasteiger partial charge is 0.279 e. The summed E-state index contributed by atoms with van der Waals surface area (Å²) >= 11 is 1.02. The molecule has 0 fully saturated rings. The Morgan fingerprint density at radius 2 is 1.74 bits per heavy atom. The fourth-order valence-corrected chi connectivity index (χ4v) is 5.16. The van der Waals surface area contributed by atoms with Crippen molar-refractivity contribution in [2.24, 2.45) is 15.1 Å². The number of thiazole rings is 1.